The third-order valence-corrected chi connectivity index (χ3v) is 5.76. The van der Waals surface area contributed by atoms with E-state index in [0.717, 1.165) is 27.9 Å². The van der Waals surface area contributed by atoms with Crippen molar-refractivity contribution in [2.24, 2.45) is 5.10 Å². The lowest BCUT2D eigenvalue weighted by atomic mass is 9.97. The lowest BCUT2D eigenvalue weighted by molar-refractivity contribution is -0.119. The van der Waals surface area contributed by atoms with Crippen LogP contribution in [-0.2, 0) is 20.8 Å². The zero-order valence-electron chi connectivity index (χ0n) is 18.0. The molecule has 160 valence electrons. The van der Waals surface area contributed by atoms with Crippen LogP contribution in [0.15, 0.2) is 41.5 Å². The molecule has 0 unspecified atom stereocenters. The number of aryl methyl sites for hydroxylation is 3. The molecule has 1 atom stereocenters. The van der Waals surface area contributed by atoms with Gasteiger partial charge in [-0.25, -0.2) is 5.01 Å². The molecule has 2 heterocycles. The Bertz CT molecular complexity index is 1110. The second kappa shape index (κ2) is 8.34. The first kappa shape index (κ1) is 20.8. The quantitative estimate of drug-likeness (QED) is 0.796. The number of hydrogen-bond donors (Lipinski definition) is 2. The maximum atomic E-state index is 12.9. The Kier molecular flexibility index (Phi) is 5.59. The fourth-order valence-electron chi connectivity index (χ4n) is 3.89. The number of hydrogen-bond acceptors (Lipinski definition) is 4. The molecule has 7 heteroatoms. The molecule has 0 bridgehead atoms. The highest BCUT2D eigenvalue weighted by Crippen LogP contribution is 2.27. The molecule has 0 aromatic heterocycles. The molecule has 2 aromatic rings. The fourth-order valence-corrected chi connectivity index (χ4v) is 3.89. The van der Waals surface area contributed by atoms with Gasteiger partial charge in [0, 0.05) is 24.9 Å². The Morgan fingerprint density at radius 2 is 1.87 bits per heavy atom. The summed E-state index contributed by atoms with van der Waals surface area (Å²) >= 11 is 0. The molecule has 0 saturated carbocycles. The number of amides is 3. The van der Waals surface area contributed by atoms with Gasteiger partial charge in [0.15, 0.2) is 0 Å². The molecule has 4 rings (SSSR count). The predicted molar refractivity (Wildman–Crippen MR) is 120 cm³/mol. The molecular formula is C24H26N4O3. The Morgan fingerprint density at radius 3 is 2.68 bits per heavy atom. The summed E-state index contributed by atoms with van der Waals surface area (Å²) in [6.07, 6.45) is 1.72. The third kappa shape index (κ3) is 4.35. The van der Waals surface area contributed by atoms with Gasteiger partial charge in [-0.05, 0) is 61.6 Å². The van der Waals surface area contributed by atoms with Gasteiger partial charge in [-0.2, -0.15) is 5.10 Å². The van der Waals surface area contributed by atoms with Crippen molar-refractivity contribution < 1.29 is 14.4 Å². The molecule has 0 fully saturated rings. The van der Waals surface area contributed by atoms with Gasteiger partial charge in [0.25, 0.3) is 5.91 Å². The van der Waals surface area contributed by atoms with E-state index in [1.807, 2.05) is 57.2 Å². The fraction of sp³-hybridized carbons (Fsp3) is 0.333. The highest BCUT2D eigenvalue weighted by molar-refractivity contribution is 6.40. The van der Waals surface area contributed by atoms with Crippen LogP contribution in [0.5, 0.6) is 0 Å². The summed E-state index contributed by atoms with van der Waals surface area (Å²) in [5.74, 6) is -0.365. The van der Waals surface area contributed by atoms with Gasteiger partial charge in [-0.1, -0.05) is 24.3 Å². The van der Waals surface area contributed by atoms with Crippen LogP contribution in [0.1, 0.15) is 54.5 Å². The van der Waals surface area contributed by atoms with Crippen LogP contribution in [0.3, 0.4) is 0 Å². The van der Waals surface area contributed by atoms with Gasteiger partial charge < -0.3 is 10.6 Å². The smallest absolute Gasteiger partial charge is 0.267 e. The number of carbonyl (C=O) groups excluding carboxylic acids is 3. The molecule has 0 radical (unpaired) electrons. The van der Waals surface area contributed by atoms with Crippen LogP contribution >= 0.6 is 0 Å². The first-order chi connectivity index (χ1) is 14.8. The minimum Gasteiger partial charge on any atom is -0.344 e. The third-order valence-electron chi connectivity index (χ3n) is 5.76. The van der Waals surface area contributed by atoms with E-state index < -0.39 is 0 Å². The normalized spacial score (nSPS) is 16.9. The zero-order chi connectivity index (χ0) is 22.1. The van der Waals surface area contributed by atoms with Gasteiger partial charge >= 0.3 is 0 Å². The Hall–Kier alpha value is -3.48. The van der Waals surface area contributed by atoms with Crippen molar-refractivity contribution in [2.75, 3.05) is 10.3 Å². The minimum absolute atomic E-state index is 0.0276. The van der Waals surface area contributed by atoms with Crippen LogP contribution in [0.2, 0.25) is 0 Å². The molecular weight excluding hydrogens is 392 g/mol. The molecule has 2 aliphatic rings. The Labute approximate surface area is 181 Å². The summed E-state index contributed by atoms with van der Waals surface area (Å²) in [4.78, 5) is 36.9. The Balaban J connectivity index is 1.52. The monoisotopic (exact) mass is 418 g/mol. The summed E-state index contributed by atoms with van der Waals surface area (Å²) in [5, 5.41) is 11.6. The van der Waals surface area contributed by atoms with Gasteiger partial charge in [0.1, 0.15) is 5.71 Å². The summed E-state index contributed by atoms with van der Waals surface area (Å²) in [7, 11) is 0. The molecule has 0 saturated heterocycles. The minimum atomic E-state index is -0.277. The van der Waals surface area contributed by atoms with Crippen molar-refractivity contribution >= 4 is 34.8 Å². The number of nitrogens with zero attached hydrogens (tertiary/aromatic N) is 2. The highest BCUT2D eigenvalue weighted by atomic mass is 16.2. The maximum Gasteiger partial charge on any atom is 0.267 e. The van der Waals surface area contributed by atoms with Crippen LogP contribution in [0.4, 0.5) is 11.4 Å². The van der Waals surface area contributed by atoms with E-state index in [4.69, 9.17) is 0 Å². The maximum absolute atomic E-state index is 12.9. The summed E-state index contributed by atoms with van der Waals surface area (Å²) in [5.41, 5.74) is 5.87. The van der Waals surface area contributed by atoms with E-state index >= 15 is 0 Å². The lowest BCUT2D eigenvalue weighted by Gasteiger charge is -2.25. The average Bonchev–Trinajstić information content (AvgIpc) is 2.75. The van der Waals surface area contributed by atoms with Gasteiger partial charge in [-0.3, -0.25) is 14.4 Å². The van der Waals surface area contributed by atoms with E-state index in [1.54, 1.807) is 0 Å². The predicted octanol–water partition coefficient (Wildman–Crippen LogP) is 3.55. The molecule has 3 amide bonds. The van der Waals surface area contributed by atoms with E-state index in [9.17, 15) is 14.4 Å². The standard InChI is InChI=1S/C24H26N4O3/c1-14-4-5-15(2)21(12-14)28-23(30)11-9-20(27-28)24(31)25-16(3)17-6-8-19-18(13-17)7-10-22(29)26-19/h4-6,8,12-13,16H,7,9-11H2,1-3H3,(H,25,31)(H,26,29)/t16-/m1/s1. The number of anilines is 2. The lowest BCUT2D eigenvalue weighted by Crippen LogP contribution is -2.40. The van der Waals surface area contributed by atoms with E-state index in [-0.39, 0.29) is 30.2 Å². The second-order valence-electron chi connectivity index (χ2n) is 8.20. The zero-order valence-corrected chi connectivity index (χ0v) is 18.0. The van der Waals surface area contributed by atoms with Crippen molar-refractivity contribution in [3.05, 3.63) is 58.7 Å². The number of nitrogens with one attached hydrogen (secondary N) is 2. The molecule has 0 spiro atoms. The van der Waals surface area contributed by atoms with Crippen molar-refractivity contribution in [1.82, 2.24) is 5.32 Å². The first-order valence-corrected chi connectivity index (χ1v) is 10.5. The molecule has 2 aromatic carbocycles. The number of benzene rings is 2. The van der Waals surface area contributed by atoms with Crippen molar-refractivity contribution in [2.45, 2.75) is 52.5 Å². The summed E-state index contributed by atoms with van der Waals surface area (Å²) in [6.45, 7) is 5.80. The van der Waals surface area contributed by atoms with Crippen molar-refractivity contribution in [3.63, 3.8) is 0 Å². The van der Waals surface area contributed by atoms with Crippen LogP contribution in [0.25, 0.3) is 0 Å². The first-order valence-electron chi connectivity index (χ1n) is 10.5. The van der Waals surface area contributed by atoms with Gasteiger partial charge in [-0.15, -0.1) is 0 Å². The van der Waals surface area contributed by atoms with E-state index in [1.165, 1.54) is 5.01 Å². The summed E-state index contributed by atoms with van der Waals surface area (Å²) in [6, 6.07) is 11.4. The van der Waals surface area contributed by atoms with Crippen molar-refractivity contribution in [1.29, 1.82) is 0 Å². The number of rotatable bonds is 4. The van der Waals surface area contributed by atoms with Crippen LogP contribution in [0, 0.1) is 13.8 Å². The van der Waals surface area contributed by atoms with Crippen LogP contribution in [-0.4, -0.2) is 23.4 Å². The summed E-state index contributed by atoms with van der Waals surface area (Å²) < 4.78 is 0. The average molecular weight is 418 g/mol. The number of fused-ring (bicyclic) bond motifs is 1. The number of carbonyl (C=O) groups is 3. The van der Waals surface area contributed by atoms with Gasteiger partial charge in [0.2, 0.25) is 11.8 Å². The topological polar surface area (TPSA) is 90.9 Å². The van der Waals surface area contributed by atoms with Crippen LogP contribution < -0.4 is 15.6 Å². The largest absolute Gasteiger partial charge is 0.344 e. The molecule has 31 heavy (non-hydrogen) atoms. The number of hydrazone groups is 1. The molecule has 2 aliphatic heterocycles. The van der Waals surface area contributed by atoms with Gasteiger partial charge in [0.05, 0.1) is 11.7 Å². The molecule has 0 aliphatic carbocycles. The highest BCUT2D eigenvalue weighted by Gasteiger charge is 2.27. The molecule has 2 N–H and O–H groups in total. The Morgan fingerprint density at radius 1 is 1.06 bits per heavy atom. The SMILES string of the molecule is Cc1ccc(C)c(N2N=C(C(=O)N[C@H](C)c3ccc4c(c3)CCC(=O)N4)CCC2=O)c1. The molecule has 7 nitrogen and oxygen atoms in total. The second-order valence-corrected chi connectivity index (χ2v) is 8.20. The van der Waals surface area contributed by atoms with E-state index in [2.05, 4.69) is 15.7 Å². The van der Waals surface area contributed by atoms with E-state index in [0.29, 0.717) is 30.7 Å². The van der Waals surface area contributed by atoms with Crippen molar-refractivity contribution in [3.8, 4) is 0 Å².